The molecular weight excluding hydrogens is 172 g/mol. The van der Waals surface area contributed by atoms with Crippen LogP contribution in [-0.4, -0.2) is 12.6 Å². The summed E-state index contributed by atoms with van der Waals surface area (Å²) >= 11 is 0. The fourth-order valence-corrected chi connectivity index (χ4v) is 1.69. The average molecular weight is 200 g/mol. The van der Waals surface area contributed by atoms with Crippen molar-refractivity contribution in [3.63, 3.8) is 0 Å². The monoisotopic (exact) mass is 200 g/mol. The number of rotatable bonds is 10. The van der Waals surface area contributed by atoms with Gasteiger partial charge in [0.05, 0.1) is 0 Å². The van der Waals surface area contributed by atoms with E-state index in [0.29, 0.717) is 6.04 Å². The first-order valence-corrected chi connectivity index (χ1v) is 6.27. The van der Waals surface area contributed by atoms with Crippen molar-refractivity contribution in [1.82, 2.24) is 0 Å². The maximum atomic E-state index is 5.98. The Morgan fingerprint density at radius 2 is 1.43 bits per heavy atom. The van der Waals surface area contributed by atoms with E-state index in [1.807, 2.05) is 0 Å². The van der Waals surface area contributed by atoms with E-state index >= 15 is 0 Å². The van der Waals surface area contributed by atoms with E-state index in [-0.39, 0.29) is 0 Å². The van der Waals surface area contributed by atoms with Crippen molar-refractivity contribution in [2.75, 3.05) is 6.54 Å². The van der Waals surface area contributed by atoms with Crippen molar-refractivity contribution < 1.29 is 0 Å². The predicted molar refractivity (Wildman–Crippen MR) is 64.3 cm³/mol. The highest BCUT2D eigenvalue weighted by Crippen LogP contribution is 2.09. The molecule has 0 heterocycles. The molecule has 0 aromatic rings. The highest BCUT2D eigenvalue weighted by Gasteiger charge is 2.00. The Hall–Kier alpha value is -0.0800. The lowest BCUT2D eigenvalue weighted by Crippen LogP contribution is -2.19. The molecule has 14 heavy (non-hydrogen) atoms. The Balaban J connectivity index is 3.02. The van der Waals surface area contributed by atoms with Crippen LogP contribution in [0, 0.1) is 0 Å². The molecule has 0 fully saturated rings. The van der Waals surface area contributed by atoms with Gasteiger partial charge in [0.1, 0.15) is 0 Å². The lowest BCUT2D eigenvalue weighted by Gasteiger charge is -2.10. The van der Waals surface area contributed by atoms with Crippen LogP contribution in [0.3, 0.4) is 0 Å². The summed E-state index contributed by atoms with van der Waals surface area (Å²) < 4.78 is 0. The third kappa shape index (κ3) is 10.0. The first-order chi connectivity index (χ1) is 6.81. The largest absolute Gasteiger partial charge is 0.330 e. The van der Waals surface area contributed by atoms with Gasteiger partial charge in [0, 0.05) is 6.04 Å². The summed E-state index contributed by atoms with van der Waals surface area (Å²) in [5.74, 6) is 0. The third-order valence-electron chi connectivity index (χ3n) is 2.71. The zero-order valence-electron chi connectivity index (χ0n) is 9.80. The summed E-state index contributed by atoms with van der Waals surface area (Å²) in [4.78, 5) is 0. The molecule has 2 nitrogen and oxygen atoms in total. The maximum absolute atomic E-state index is 5.98. The molecule has 1 unspecified atom stereocenters. The Kier molecular flexibility index (Phi) is 10.9. The standard InChI is InChI=1S/C12H28N2/c1-2-3-9-12(14)10-7-5-4-6-8-11-13/h12H,2-11,13-14H2,1H3. The van der Waals surface area contributed by atoms with Crippen molar-refractivity contribution in [2.45, 2.75) is 70.8 Å². The smallest absolute Gasteiger partial charge is 0.00388 e. The van der Waals surface area contributed by atoms with Crippen LogP contribution in [0.15, 0.2) is 0 Å². The van der Waals surface area contributed by atoms with Gasteiger partial charge in [-0.25, -0.2) is 0 Å². The first kappa shape index (κ1) is 13.9. The molecule has 0 aliphatic carbocycles. The molecule has 0 aliphatic heterocycles. The van der Waals surface area contributed by atoms with Gasteiger partial charge >= 0.3 is 0 Å². The summed E-state index contributed by atoms with van der Waals surface area (Å²) in [5.41, 5.74) is 11.4. The third-order valence-corrected chi connectivity index (χ3v) is 2.71. The zero-order chi connectivity index (χ0) is 10.6. The van der Waals surface area contributed by atoms with Crippen molar-refractivity contribution in [1.29, 1.82) is 0 Å². The van der Waals surface area contributed by atoms with Crippen molar-refractivity contribution in [3.8, 4) is 0 Å². The van der Waals surface area contributed by atoms with Gasteiger partial charge in [0.2, 0.25) is 0 Å². The highest BCUT2D eigenvalue weighted by molar-refractivity contribution is 4.61. The van der Waals surface area contributed by atoms with Gasteiger partial charge in [-0.1, -0.05) is 45.4 Å². The van der Waals surface area contributed by atoms with Crippen LogP contribution >= 0.6 is 0 Å². The maximum Gasteiger partial charge on any atom is 0.00388 e. The minimum atomic E-state index is 0.449. The van der Waals surface area contributed by atoms with E-state index in [0.717, 1.165) is 6.54 Å². The second kappa shape index (κ2) is 11.0. The molecule has 2 heteroatoms. The quantitative estimate of drug-likeness (QED) is 0.533. The summed E-state index contributed by atoms with van der Waals surface area (Å²) in [6.07, 6.45) is 11.4. The van der Waals surface area contributed by atoms with E-state index in [1.165, 1.54) is 57.8 Å². The summed E-state index contributed by atoms with van der Waals surface area (Å²) in [7, 11) is 0. The molecule has 1 atom stereocenters. The van der Waals surface area contributed by atoms with Crippen LogP contribution in [0.5, 0.6) is 0 Å². The van der Waals surface area contributed by atoms with E-state index in [1.54, 1.807) is 0 Å². The van der Waals surface area contributed by atoms with Crippen molar-refractivity contribution >= 4 is 0 Å². The Morgan fingerprint density at radius 1 is 0.857 bits per heavy atom. The van der Waals surface area contributed by atoms with Gasteiger partial charge in [0.15, 0.2) is 0 Å². The number of unbranched alkanes of at least 4 members (excludes halogenated alkanes) is 5. The minimum absolute atomic E-state index is 0.449. The van der Waals surface area contributed by atoms with Crippen LogP contribution in [0.25, 0.3) is 0 Å². The SMILES string of the molecule is CCCCC(N)CCCCCCCN. The molecular formula is C12H28N2. The van der Waals surface area contributed by atoms with E-state index in [9.17, 15) is 0 Å². The number of nitrogens with two attached hydrogens (primary N) is 2. The van der Waals surface area contributed by atoms with Crippen LogP contribution in [0.4, 0.5) is 0 Å². The summed E-state index contributed by atoms with van der Waals surface area (Å²) in [5, 5.41) is 0. The second-order valence-electron chi connectivity index (χ2n) is 4.25. The van der Waals surface area contributed by atoms with E-state index in [4.69, 9.17) is 11.5 Å². The lowest BCUT2D eigenvalue weighted by molar-refractivity contribution is 0.499. The molecule has 4 N–H and O–H groups in total. The molecule has 0 spiro atoms. The van der Waals surface area contributed by atoms with Crippen LogP contribution < -0.4 is 11.5 Å². The molecule has 0 aromatic carbocycles. The molecule has 0 aliphatic rings. The molecule has 0 aromatic heterocycles. The fraction of sp³-hybridized carbons (Fsp3) is 1.00. The Bertz CT molecular complexity index is 104. The van der Waals surface area contributed by atoms with Gasteiger partial charge < -0.3 is 11.5 Å². The molecule has 0 saturated carbocycles. The topological polar surface area (TPSA) is 52.0 Å². The molecule has 0 amide bonds. The second-order valence-corrected chi connectivity index (χ2v) is 4.25. The van der Waals surface area contributed by atoms with Gasteiger partial charge in [-0.05, 0) is 25.8 Å². The highest BCUT2D eigenvalue weighted by atomic mass is 14.6. The molecule has 0 saturated heterocycles. The fourth-order valence-electron chi connectivity index (χ4n) is 1.69. The molecule has 0 rings (SSSR count). The molecule has 86 valence electrons. The first-order valence-electron chi connectivity index (χ1n) is 6.27. The predicted octanol–water partition coefficient (Wildman–Crippen LogP) is 2.80. The van der Waals surface area contributed by atoms with Gasteiger partial charge in [-0.3, -0.25) is 0 Å². The van der Waals surface area contributed by atoms with E-state index < -0.39 is 0 Å². The number of hydrogen-bond donors (Lipinski definition) is 2. The Morgan fingerprint density at radius 3 is 2.07 bits per heavy atom. The average Bonchev–Trinajstić information content (AvgIpc) is 2.20. The summed E-state index contributed by atoms with van der Waals surface area (Å²) in [6, 6.07) is 0.449. The molecule has 0 bridgehead atoms. The van der Waals surface area contributed by atoms with Crippen molar-refractivity contribution in [3.05, 3.63) is 0 Å². The van der Waals surface area contributed by atoms with Gasteiger partial charge in [-0.15, -0.1) is 0 Å². The van der Waals surface area contributed by atoms with Crippen LogP contribution in [0.1, 0.15) is 64.7 Å². The normalized spacial score (nSPS) is 13.1. The van der Waals surface area contributed by atoms with Gasteiger partial charge in [-0.2, -0.15) is 0 Å². The van der Waals surface area contributed by atoms with Gasteiger partial charge in [0.25, 0.3) is 0 Å². The van der Waals surface area contributed by atoms with E-state index in [2.05, 4.69) is 6.92 Å². The van der Waals surface area contributed by atoms with Crippen LogP contribution in [0.2, 0.25) is 0 Å². The lowest BCUT2D eigenvalue weighted by atomic mass is 10.0. The molecule has 0 radical (unpaired) electrons. The minimum Gasteiger partial charge on any atom is -0.330 e. The zero-order valence-corrected chi connectivity index (χ0v) is 9.80. The van der Waals surface area contributed by atoms with Crippen LogP contribution in [-0.2, 0) is 0 Å². The Labute approximate surface area is 89.4 Å². The summed E-state index contributed by atoms with van der Waals surface area (Å²) in [6.45, 7) is 3.07. The number of hydrogen-bond acceptors (Lipinski definition) is 2. The van der Waals surface area contributed by atoms with Crippen molar-refractivity contribution in [2.24, 2.45) is 11.5 Å².